The van der Waals surface area contributed by atoms with Crippen LogP contribution in [0.4, 0.5) is 0 Å². The molecule has 1 saturated carbocycles. The van der Waals surface area contributed by atoms with Crippen LogP contribution in [0.25, 0.3) is 5.78 Å². The minimum Gasteiger partial charge on any atom is -0.353 e. The number of hydrogen-bond acceptors (Lipinski definition) is 5. The molecular weight excluding hydrogens is 290 g/mol. The lowest BCUT2D eigenvalue weighted by molar-refractivity contribution is -0.119. The summed E-state index contributed by atoms with van der Waals surface area (Å²) in [6.45, 7) is 1.81. The van der Waals surface area contributed by atoms with Gasteiger partial charge in [-0.15, -0.1) is 10.2 Å². The van der Waals surface area contributed by atoms with Gasteiger partial charge in [0.2, 0.25) is 11.7 Å². The van der Waals surface area contributed by atoms with Crippen LogP contribution in [0, 0.1) is 6.92 Å². The number of fused-ring (bicyclic) bond motifs is 1. The molecule has 0 bridgehead atoms. The molecule has 1 amide bonds. The average Bonchev–Trinajstić information content (AvgIpc) is 3.05. The number of H-pyrrole nitrogens is 1. The number of carbonyl (C=O) groups is 1. The standard InChI is InChI=1S/C13H17N5O2S/c1-8-6-10(19)15-12-16-17-13(18(8)12)21-7-11(20)14-9-4-2-3-5-9/h6,9H,2-5,7H2,1H3,(H,14,20)(H,15,16,19). The van der Waals surface area contributed by atoms with Crippen molar-refractivity contribution in [3.05, 3.63) is 22.1 Å². The highest BCUT2D eigenvalue weighted by Crippen LogP contribution is 2.19. The van der Waals surface area contributed by atoms with E-state index in [2.05, 4.69) is 20.5 Å². The van der Waals surface area contributed by atoms with Crippen molar-refractivity contribution in [3.8, 4) is 0 Å². The third-order valence-corrected chi connectivity index (χ3v) is 4.54. The molecule has 0 unspecified atom stereocenters. The Hall–Kier alpha value is -1.83. The molecule has 1 aliphatic rings. The summed E-state index contributed by atoms with van der Waals surface area (Å²) in [4.78, 5) is 25.9. The second-order valence-electron chi connectivity index (χ2n) is 5.25. The maximum absolute atomic E-state index is 11.9. The molecule has 21 heavy (non-hydrogen) atoms. The zero-order valence-corrected chi connectivity index (χ0v) is 12.6. The Balaban J connectivity index is 1.67. The average molecular weight is 307 g/mol. The van der Waals surface area contributed by atoms with Crippen molar-refractivity contribution in [1.29, 1.82) is 0 Å². The maximum atomic E-state index is 11.9. The van der Waals surface area contributed by atoms with Gasteiger partial charge >= 0.3 is 0 Å². The van der Waals surface area contributed by atoms with Crippen LogP contribution in [0.3, 0.4) is 0 Å². The van der Waals surface area contributed by atoms with Gasteiger partial charge in [0.15, 0.2) is 5.16 Å². The fourth-order valence-electron chi connectivity index (χ4n) is 2.63. The molecule has 1 aliphatic carbocycles. The first-order chi connectivity index (χ1) is 10.1. The van der Waals surface area contributed by atoms with Crippen LogP contribution in [0.15, 0.2) is 16.0 Å². The first-order valence-corrected chi connectivity index (χ1v) is 7.99. The lowest BCUT2D eigenvalue weighted by Crippen LogP contribution is -2.33. The smallest absolute Gasteiger partial charge is 0.252 e. The van der Waals surface area contributed by atoms with Gasteiger partial charge in [-0.1, -0.05) is 24.6 Å². The molecule has 0 atom stereocenters. The molecule has 112 valence electrons. The number of aromatic amines is 1. The SMILES string of the molecule is Cc1cc(=O)[nH]c2nnc(SCC(=O)NC3CCCC3)n12. The maximum Gasteiger partial charge on any atom is 0.252 e. The summed E-state index contributed by atoms with van der Waals surface area (Å²) in [5.74, 6) is 0.722. The summed E-state index contributed by atoms with van der Waals surface area (Å²) < 4.78 is 1.74. The number of hydrogen-bond donors (Lipinski definition) is 2. The minimum absolute atomic E-state index is 0.0192. The first kappa shape index (κ1) is 14.1. The van der Waals surface area contributed by atoms with E-state index in [4.69, 9.17) is 0 Å². The Morgan fingerprint density at radius 1 is 1.48 bits per heavy atom. The number of rotatable bonds is 4. The summed E-state index contributed by atoms with van der Waals surface area (Å²) in [5, 5.41) is 11.6. The number of nitrogens with one attached hydrogen (secondary N) is 2. The summed E-state index contributed by atoms with van der Waals surface area (Å²) in [5.41, 5.74) is 0.542. The number of aryl methyl sites for hydroxylation is 1. The fourth-order valence-corrected chi connectivity index (χ4v) is 3.43. The topological polar surface area (TPSA) is 92.2 Å². The number of carbonyl (C=O) groups excluding carboxylic acids is 1. The normalized spacial score (nSPS) is 15.7. The third kappa shape index (κ3) is 3.10. The quantitative estimate of drug-likeness (QED) is 0.818. The summed E-state index contributed by atoms with van der Waals surface area (Å²) in [6, 6.07) is 1.81. The molecular formula is C13H17N5O2S. The lowest BCUT2D eigenvalue weighted by atomic mass is 10.2. The Labute approximate surface area is 125 Å². The van der Waals surface area contributed by atoms with E-state index in [0.29, 0.717) is 22.7 Å². The molecule has 8 heteroatoms. The Morgan fingerprint density at radius 2 is 2.24 bits per heavy atom. The van der Waals surface area contributed by atoms with Crippen LogP contribution in [0.2, 0.25) is 0 Å². The number of aromatic nitrogens is 4. The molecule has 1 fully saturated rings. The molecule has 0 radical (unpaired) electrons. The zero-order chi connectivity index (χ0) is 14.8. The van der Waals surface area contributed by atoms with Crippen molar-refractivity contribution >= 4 is 23.4 Å². The molecule has 3 rings (SSSR count). The molecule has 2 aromatic heterocycles. The Morgan fingerprint density at radius 3 is 3.00 bits per heavy atom. The molecule has 0 spiro atoms. The molecule has 7 nitrogen and oxygen atoms in total. The van der Waals surface area contributed by atoms with E-state index < -0.39 is 0 Å². The monoisotopic (exact) mass is 307 g/mol. The fraction of sp³-hybridized carbons (Fsp3) is 0.538. The van der Waals surface area contributed by atoms with Gasteiger partial charge in [-0.05, 0) is 19.8 Å². The minimum atomic E-state index is -0.206. The number of nitrogens with zero attached hydrogens (tertiary/aromatic N) is 3. The van der Waals surface area contributed by atoms with Gasteiger partial charge < -0.3 is 5.32 Å². The Kier molecular flexibility index (Phi) is 3.96. The molecule has 0 aliphatic heterocycles. The van der Waals surface area contributed by atoms with Gasteiger partial charge in [0.1, 0.15) is 0 Å². The van der Waals surface area contributed by atoms with E-state index in [1.165, 1.54) is 30.7 Å². The molecule has 0 saturated heterocycles. The summed E-state index contributed by atoms with van der Waals surface area (Å²) in [6.07, 6.45) is 4.54. The highest BCUT2D eigenvalue weighted by atomic mass is 32.2. The van der Waals surface area contributed by atoms with E-state index >= 15 is 0 Å². The first-order valence-electron chi connectivity index (χ1n) is 7.01. The van der Waals surface area contributed by atoms with Crippen molar-refractivity contribution in [1.82, 2.24) is 24.9 Å². The van der Waals surface area contributed by atoms with Gasteiger partial charge in [0.25, 0.3) is 5.56 Å². The molecule has 2 heterocycles. The number of thioether (sulfide) groups is 1. The van der Waals surface area contributed by atoms with Crippen LogP contribution in [-0.4, -0.2) is 37.3 Å². The lowest BCUT2D eigenvalue weighted by Gasteiger charge is -2.11. The van der Waals surface area contributed by atoms with E-state index in [9.17, 15) is 9.59 Å². The van der Waals surface area contributed by atoms with Crippen LogP contribution in [0.1, 0.15) is 31.4 Å². The predicted octanol–water partition coefficient (Wildman–Crippen LogP) is 0.877. The predicted molar refractivity (Wildman–Crippen MR) is 79.5 cm³/mol. The van der Waals surface area contributed by atoms with Crippen molar-refractivity contribution in [3.63, 3.8) is 0 Å². The van der Waals surface area contributed by atoms with E-state index in [-0.39, 0.29) is 11.5 Å². The molecule has 2 aromatic rings. The summed E-state index contributed by atoms with van der Waals surface area (Å²) >= 11 is 1.32. The van der Waals surface area contributed by atoms with Gasteiger partial charge in [0, 0.05) is 17.8 Å². The van der Waals surface area contributed by atoms with Crippen LogP contribution in [-0.2, 0) is 4.79 Å². The van der Waals surface area contributed by atoms with E-state index in [1.54, 1.807) is 4.40 Å². The van der Waals surface area contributed by atoms with Crippen molar-refractivity contribution in [2.24, 2.45) is 0 Å². The van der Waals surface area contributed by atoms with Gasteiger partial charge in [-0.25, -0.2) is 0 Å². The second-order valence-corrected chi connectivity index (χ2v) is 6.20. The van der Waals surface area contributed by atoms with Crippen molar-refractivity contribution < 1.29 is 4.79 Å². The molecule has 0 aromatic carbocycles. The van der Waals surface area contributed by atoms with Crippen LogP contribution >= 0.6 is 11.8 Å². The van der Waals surface area contributed by atoms with Crippen molar-refractivity contribution in [2.75, 3.05) is 5.75 Å². The second kappa shape index (κ2) is 5.88. The van der Waals surface area contributed by atoms with E-state index in [1.807, 2.05) is 6.92 Å². The molecule has 2 N–H and O–H groups in total. The van der Waals surface area contributed by atoms with Crippen molar-refractivity contribution in [2.45, 2.75) is 43.8 Å². The largest absolute Gasteiger partial charge is 0.353 e. The zero-order valence-electron chi connectivity index (χ0n) is 11.8. The highest BCUT2D eigenvalue weighted by molar-refractivity contribution is 7.99. The van der Waals surface area contributed by atoms with Crippen LogP contribution < -0.4 is 10.9 Å². The van der Waals surface area contributed by atoms with E-state index in [0.717, 1.165) is 18.5 Å². The van der Waals surface area contributed by atoms with Gasteiger partial charge in [0.05, 0.1) is 5.75 Å². The van der Waals surface area contributed by atoms with Crippen LogP contribution in [0.5, 0.6) is 0 Å². The Bertz CT molecular complexity index is 717. The summed E-state index contributed by atoms with van der Waals surface area (Å²) in [7, 11) is 0. The third-order valence-electron chi connectivity index (χ3n) is 3.61. The van der Waals surface area contributed by atoms with Gasteiger partial charge in [-0.2, -0.15) is 0 Å². The number of amides is 1. The van der Waals surface area contributed by atoms with Gasteiger partial charge in [-0.3, -0.25) is 19.0 Å². The highest BCUT2D eigenvalue weighted by Gasteiger charge is 2.18.